The fraction of sp³-hybridized carbons (Fsp3) is 0.133. The Morgan fingerprint density at radius 1 is 1.12 bits per heavy atom. The minimum absolute atomic E-state index is 0.233. The van der Waals surface area contributed by atoms with Gasteiger partial charge in [0.15, 0.2) is 5.69 Å². The molecule has 0 bridgehead atoms. The van der Waals surface area contributed by atoms with Crippen LogP contribution in [-0.2, 0) is 7.05 Å². The molecular weight excluding hydrogens is 323 g/mol. The van der Waals surface area contributed by atoms with Gasteiger partial charge < -0.3 is 9.30 Å². The lowest BCUT2D eigenvalue weighted by atomic mass is 10.1. The average Bonchev–Trinajstić information content (AvgIpc) is 3.12. The van der Waals surface area contributed by atoms with Crippen molar-refractivity contribution in [2.75, 3.05) is 0 Å². The topological polar surface area (TPSA) is 79.5 Å². The maximum atomic E-state index is 12.2. The van der Waals surface area contributed by atoms with Crippen LogP contribution < -0.4 is 4.74 Å². The zero-order valence-corrected chi connectivity index (χ0v) is 12.3. The molecule has 0 atom stereocenters. The van der Waals surface area contributed by atoms with Gasteiger partial charge in [-0.1, -0.05) is 5.21 Å². The van der Waals surface area contributed by atoms with Crippen LogP contribution in [0.15, 0.2) is 36.4 Å². The molecule has 0 radical (unpaired) electrons. The number of hydrogen-bond acceptors (Lipinski definition) is 4. The molecule has 1 aromatic carbocycles. The summed E-state index contributed by atoms with van der Waals surface area (Å²) in [7, 11) is 1.76. The number of nitrogens with zero attached hydrogens (tertiary/aromatic N) is 4. The molecule has 9 heteroatoms. The average molecular weight is 333 g/mol. The first-order valence-corrected chi connectivity index (χ1v) is 6.72. The summed E-state index contributed by atoms with van der Waals surface area (Å²) < 4.78 is 42.2. The summed E-state index contributed by atoms with van der Waals surface area (Å²) in [6.45, 7) is 0. The van der Waals surface area contributed by atoms with Crippen molar-refractivity contribution < 1.29 is 17.9 Å². The van der Waals surface area contributed by atoms with Crippen LogP contribution in [0.25, 0.3) is 22.6 Å². The first kappa shape index (κ1) is 15.6. The summed E-state index contributed by atoms with van der Waals surface area (Å²) >= 11 is 0. The van der Waals surface area contributed by atoms with Crippen LogP contribution in [0.5, 0.6) is 5.75 Å². The molecule has 1 N–H and O–H groups in total. The molecule has 2 aromatic heterocycles. The molecule has 0 aliphatic heterocycles. The molecule has 24 heavy (non-hydrogen) atoms. The molecule has 3 aromatic rings. The number of halogens is 3. The van der Waals surface area contributed by atoms with Crippen LogP contribution in [-0.4, -0.2) is 26.3 Å². The third-order valence-corrected chi connectivity index (χ3v) is 3.41. The first-order valence-electron chi connectivity index (χ1n) is 6.72. The highest BCUT2D eigenvalue weighted by Crippen LogP contribution is 2.30. The van der Waals surface area contributed by atoms with E-state index in [4.69, 9.17) is 5.26 Å². The molecule has 2 heterocycles. The third kappa shape index (κ3) is 2.94. The van der Waals surface area contributed by atoms with E-state index in [2.05, 4.69) is 20.1 Å². The Hall–Kier alpha value is -3.28. The van der Waals surface area contributed by atoms with Crippen molar-refractivity contribution >= 4 is 0 Å². The van der Waals surface area contributed by atoms with Crippen molar-refractivity contribution in [3.05, 3.63) is 42.1 Å². The molecule has 0 fully saturated rings. The molecule has 0 unspecified atom stereocenters. The summed E-state index contributed by atoms with van der Waals surface area (Å²) in [5.74, 6) is -0.288. The van der Waals surface area contributed by atoms with Crippen molar-refractivity contribution in [1.82, 2.24) is 20.0 Å². The van der Waals surface area contributed by atoms with Gasteiger partial charge in [0, 0.05) is 12.7 Å². The highest BCUT2D eigenvalue weighted by molar-refractivity contribution is 5.70. The summed E-state index contributed by atoms with van der Waals surface area (Å²) in [5.41, 5.74) is 2.74. The molecule has 3 rings (SSSR count). The number of ether oxygens (including phenoxy) is 1. The number of benzene rings is 1. The monoisotopic (exact) mass is 333 g/mol. The van der Waals surface area contributed by atoms with Gasteiger partial charge >= 0.3 is 6.36 Å². The van der Waals surface area contributed by atoms with Crippen molar-refractivity contribution in [2.24, 2.45) is 7.05 Å². The largest absolute Gasteiger partial charge is 0.573 e. The van der Waals surface area contributed by atoms with E-state index >= 15 is 0 Å². The molecule has 0 amide bonds. The van der Waals surface area contributed by atoms with Crippen molar-refractivity contribution in [1.29, 1.82) is 5.26 Å². The summed E-state index contributed by atoms with van der Waals surface area (Å²) in [4.78, 5) is 0. The maximum Gasteiger partial charge on any atom is 0.573 e. The Balaban J connectivity index is 1.93. The minimum Gasteiger partial charge on any atom is -0.406 e. The van der Waals surface area contributed by atoms with Gasteiger partial charge in [0.25, 0.3) is 0 Å². The SMILES string of the molecule is Cn1c(-c2ccc(OC(F)(F)F)cc2)ccc1-c1nn[nH]c1C#N. The standard InChI is InChI=1S/C15H10F3N5O/c1-23-12(6-7-13(23)14-11(8-19)20-22-21-14)9-2-4-10(5-3-9)24-15(16,17)18/h2-7H,1H3,(H,20,21,22). The Morgan fingerprint density at radius 2 is 1.79 bits per heavy atom. The third-order valence-electron chi connectivity index (χ3n) is 3.41. The van der Waals surface area contributed by atoms with Crippen molar-refractivity contribution in [3.8, 4) is 34.5 Å². The van der Waals surface area contributed by atoms with Crippen molar-refractivity contribution in [3.63, 3.8) is 0 Å². The Kier molecular flexibility index (Phi) is 3.73. The molecule has 0 aliphatic rings. The lowest BCUT2D eigenvalue weighted by molar-refractivity contribution is -0.274. The molecule has 0 spiro atoms. The van der Waals surface area contributed by atoms with E-state index in [9.17, 15) is 13.2 Å². The van der Waals surface area contributed by atoms with E-state index in [-0.39, 0.29) is 11.4 Å². The minimum atomic E-state index is -4.72. The Labute approximate surface area is 134 Å². The normalized spacial score (nSPS) is 11.3. The summed E-state index contributed by atoms with van der Waals surface area (Å²) in [6.07, 6.45) is -4.72. The van der Waals surface area contributed by atoms with E-state index in [1.165, 1.54) is 24.3 Å². The predicted molar refractivity (Wildman–Crippen MR) is 77.6 cm³/mol. The van der Waals surface area contributed by atoms with Gasteiger partial charge in [-0.05, 0) is 42.0 Å². The molecule has 0 aliphatic carbocycles. The highest BCUT2D eigenvalue weighted by Gasteiger charge is 2.31. The van der Waals surface area contributed by atoms with Gasteiger partial charge in [-0.2, -0.15) is 5.26 Å². The number of H-pyrrole nitrogens is 1. The highest BCUT2D eigenvalue weighted by atomic mass is 19.4. The van der Waals surface area contributed by atoms with Crippen molar-refractivity contribution in [2.45, 2.75) is 6.36 Å². The second-order valence-electron chi connectivity index (χ2n) is 4.88. The molecule has 0 saturated heterocycles. The van der Waals surface area contributed by atoms with Gasteiger partial charge in [0.05, 0.1) is 5.69 Å². The van der Waals surface area contributed by atoms with Crippen LogP contribution >= 0.6 is 0 Å². The summed E-state index contributed by atoms with van der Waals surface area (Å²) in [6, 6.07) is 11.0. The van der Waals surface area contributed by atoms with Gasteiger partial charge in [-0.15, -0.1) is 18.3 Å². The zero-order valence-electron chi connectivity index (χ0n) is 12.3. The lowest BCUT2D eigenvalue weighted by Gasteiger charge is -2.10. The number of rotatable bonds is 3. The van der Waals surface area contributed by atoms with Crippen LogP contribution in [0.3, 0.4) is 0 Å². The van der Waals surface area contributed by atoms with E-state index in [1.54, 1.807) is 23.7 Å². The quantitative estimate of drug-likeness (QED) is 0.798. The van der Waals surface area contributed by atoms with E-state index < -0.39 is 6.36 Å². The number of hydrogen-bond donors (Lipinski definition) is 1. The smallest absolute Gasteiger partial charge is 0.406 e. The Bertz CT molecular complexity index is 903. The van der Waals surface area contributed by atoms with Crippen LogP contribution in [0.1, 0.15) is 5.69 Å². The predicted octanol–water partition coefficient (Wildman–Crippen LogP) is 3.25. The van der Waals surface area contributed by atoms with E-state index in [1.807, 2.05) is 6.07 Å². The number of alkyl halides is 3. The number of aromatic amines is 1. The molecule has 122 valence electrons. The number of nitriles is 1. The maximum absolute atomic E-state index is 12.2. The fourth-order valence-corrected chi connectivity index (χ4v) is 2.35. The molecular formula is C15H10F3N5O. The fourth-order valence-electron chi connectivity index (χ4n) is 2.35. The number of nitrogens with one attached hydrogen (secondary N) is 1. The number of aromatic nitrogens is 4. The second-order valence-corrected chi connectivity index (χ2v) is 4.88. The van der Waals surface area contributed by atoms with E-state index in [0.29, 0.717) is 17.0 Å². The van der Waals surface area contributed by atoms with E-state index in [0.717, 1.165) is 5.69 Å². The van der Waals surface area contributed by atoms with Gasteiger partial charge in [0.1, 0.15) is 17.5 Å². The van der Waals surface area contributed by atoms with Crippen LogP contribution in [0.2, 0.25) is 0 Å². The Morgan fingerprint density at radius 3 is 2.42 bits per heavy atom. The zero-order chi connectivity index (χ0) is 17.3. The summed E-state index contributed by atoms with van der Waals surface area (Å²) in [5, 5.41) is 19.0. The van der Waals surface area contributed by atoms with Crippen LogP contribution in [0.4, 0.5) is 13.2 Å². The van der Waals surface area contributed by atoms with Gasteiger partial charge in [-0.25, -0.2) is 5.10 Å². The second kappa shape index (κ2) is 5.73. The lowest BCUT2D eigenvalue weighted by Crippen LogP contribution is -2.16. The van der Waals surface area contributed by atoms with Gasteiger partial charge in [-0.3, -0.25) is 0 Å². The van der Waals surface area contributed by atoms with Crippen LogP contribution in [0, 0.1) is 11.3 Å². The van der Waals surface area contributed by atoms with Gasteiger partial charge in [0.2, 0.25) is 0 Å². The molecule has 6 nitrogen and oxygen atoms in total. The first-order chi connectivity index (χ1) is 11.4. The molecule has 0 saturated carbocycles.